The van der Waals surface area contributed by atoms with Crippen LogP contribution < -0.4 is 5.32 Å². The van der Waals surface area contributed by atoms with E-state index >= 15 is 0 Å². The molecule has 0 fully saturated rings. The number of aryl methyl sites for hydroxylation is 1. The van der Waals surface area contributed by atoms with Crippen LogP contribution in [0.15, 0.2) is 53.7 Å². The van der Waals surface area contributed by atoms with Crippen molar-refractivity contribution in [3.63, 3.8) is 0 Å². The first-order valence-electron chi connectivity index (χ1n) is 9.12. The van der Waals surface area contributed by atoms with Gasteiger partial charge in [0.05, 0.1) is 11.4 Å². The van der Waals surface area contributed by atoms with Gasteiger partial charge in [0.2, 0.25) is 5.91 Å². The van der Waals surface area contributed by atoms with Crippen LogP contribution in [0.1, 0.15) is 19.4 Å². The van der Waals surface area contributed by atoms with E-state index < -0.39 is 0 Å². The van der Waals surface area contributed by atoms with Crippen molar-refractivity contribution in [2.45, 2.75) is 25.9 Å². The quantitative estimate of drug-likeness (QED) is 0.566. The average Bonchev–Trinajstić information content (AvgIpc) is 3.09. The molecule has 28 heavy (non-hydrogen) atoms. The largest absolute Gasteiger partial charge is 0.355 e. The van der Waals surface area contributed by atoms with Crippen LogP contribution in [0, 0.1) is 12.8 Å². The zero-order chi connectivity index (χ0) is 20.1. The third kappa shape index (κ3) is 4.94. The molecule has 0 atom stereocenters. The highest BCUT2D eigenvalue weighted by molar-refractivity contribution is 7.99. The molecule has 0 aliphatic heterocycles. The molecule has 3 rings (SSSR count). The minimum Gasteiger partial charge on any atom is -0.355 e. The van der Waals surface area contributed by atoms with E-state index in [-0.39, 0.29) is 11.7 Å². The maximum Gasteiger partial charge on any atom is 0.230 e. The first kappa shape index (κ1) is 20.4. The van der Waals surface area contributed by atoms with Crippen LogP contribution in [0.2, 0.25) is 5.02 Å². The molecule has 0 aliphatic carbocycles. The molecule has 1 aromatic heterocycles. The van der Waals surface area contributed by atoms with Crippen LogP contribution in [0.5, 0.6) is 0 Å². The molecule has 7 heteroatoms. The minimum absolute atomic E-state index is 0.00826. The van der Waals surface area contributed by atoms with Crippen molar-refractivity contribution in [3.05, 3.63) is 59.1 Å². The van der Waals surface area contributed by atoms with Crippen molar-refractivity contribution < 1.29 is 4.79 Å². The third-order valence-electron chi connectivity index (χ3n) is 4.13. The van der Waals surface area contributed by atoms with Crippen molar-refractivity contribution in [3.8, 4) is 17.1 Å². The molecule has 0 bridgehead atoms. The molecule has 0 unspecified atom stereocenters. The van der Waals surface area contributed by atoms with E-state index in [0.717, 1.165) is 22.6 Å². The number of carbonyl (C=O) groups is 1. The predicted molar refractivity (Wildman–Crippen MR) is 115 cm³/mol. The van der Waals surface area contributed by atoms with Crippen molar-refractivity contribution in [2.24, 2.45) is 5.92 Å². The number of amides is 1. The number of thioether (sulfide) groups is 1. The Morgan fingerprint density at radius 2 is 1.86 bits per heavy atom. The summed E-state index contributed by atoms with van der Waals surface area (Å²) >= 11 is 7.41. The Labute approximate surface area is 174 Å². The third-order valence-corrected chi connectivity index (χ3v) is 5.31. The maximum atomic E-state index is 12.1. The lowest BCUT2D eigenvalue weighted by Gasteiger charge is -2.13. The van der Waals surface area contributed by atoms with Crippen LogP contribution >= 0.6 is 23.4 Å². The Kier molecular flexibility index (Phi) is 6.75. The number of aromatic nitrogens is 3. The molecular weight excluding hydrogens is 392 g/mol. The van der Waals surface area contributed by atoms with E-state index in [4.69, 9.17) is 11.6 Å². The highest BCUT2D eigenvalue weighted by Crippen LogP contribution is 2.30. The van der Waals surface area contributed by atoms with Crippen LogP contribution in [0.3, 0.4) is 0 Å². The van der Waals surface area contributed by atoms with Gasteiger partial charge in [-0.1, -0.05) is 55.4 Å². The molecular formula is C21H23ClN4OS. The Hall–Kier alpha value is -2.31. The summed E-state index contributed by atoms with van der Waals surface area (Å²) in [6.07, 6.45) is 0. The van der Waals surface area contributed by atoms with Gasteiger partial charge in [-0.3, -0.25) is 9.36 Å². The lowest BCUT2D eigenvalue weighted by Crippen LogP contribution is -2.28. The Bertz CT molecular complexity index is 953. The maximum absolute atomic E-state index is 12.1. The monoisotopic (exact) mass is 414 g/mol. The summed E-state index contributed by atoms with van der Waals surface area (Å²) in [6, 6.07) is 15.6. The molecule has 1 amide bonds. The van der Waals surface area contributed by atoms with Gasteiger partial charge in [-0.2, -0.15) is 0 Å². The van der Waals surface area contributed by atoms with Crippen LogP contribution in [-0.4, -0.2) is 33.0 Å². The van der Waals surface area contributed by atoms with Crippen molar-refractivity contribution in [1.82, 2.24) is 20.1 Å². The van der Waals surface area contributed by atoms with Crippen LogP contribution in [-0.2, 0) is 4.79 Å². The molecule has 0 spiro atoms. The van der Waals surface area contributed by atoms with Gasteiger partial charge in [0.15, 0.2) is 11.0 Å². The summed E-state index contributed by atoms with van der Waals surface area (Å²) in [6.45, 7) is 6.85. The van der Waals surface area contributed by atoms with E-state index in [2.05, 4.69) is 29.4 Å². The number of para-hydroxylation sites is 1. The van der Waals surface area contributed by atoms with E-state index in [1.54, 1.807) is 0 Å². The van der Waals surface area contributed by atoms with E-state index in [1.807, 2.05) is 60.0 Å². The molecule has 0 aliphatic rings. The van der Waals surface area contributed by atoms with Gasteiger partial charge in [-0.05, 0) is 48.7 Å². The number of benzene rings is 2. The fraction of sp³-hybridized carbons (Fsp3) is 0.286. The van der Waals surface area contributed by atoms with E-state index in [9.17, 15) is 4.79 Å². The van der Waals surface area contributed by atoms with Gasteiger partial charge < -0.3 is 5.32 Å². The topological polar surface area (TPSA) is 59.8 Å². The van der Waals surface area contributed by atoms with Crippen LogP contribution in [0.4, 0.5) is 0 Å². The standard InChI is InChI=1S/C21H23ClN4OS/c1-14(2)12-23-19(27)13-28-21-25-24-20(16-8-10-17(22)11-9-16)26(21)18-7-5-4-6-15(18)3/h4-11,14H,12-13H2,1-3H3,(H,23,27). The van der Waals surface area contributed by atoms with Crippen molar-refractivity contribution in [1.29, 1.82) is 0 Å². The minimum atomic E-state index is -0.00826. The Morgan fingerprint density at radius 1 is 1.14 bits per heavy atom. The molecule has 1 N–H and O–H groups in total. The normalized spacial score (nSPS) is 11.0. The lowest BCUT2D eigenvalue weighted by molar-refractivity contribution is -0.118. The highest BCUT2D eigenvalue weighted by Gasteiger charge is 2.18. The summed E-state index contributed by atoms with van der Waals surface area (Å²) in [7, 11) is 0. The SMILES string of the molecule is Cc1ccccc1-n1c(SCC(=O)NCC(C)C)nnc1-c1ccc(Cl)cc1. The number of halogens is 1. The van der Waals surface area contributed by atoms with Crippen molar-refractivity contribution >= 4 is 29.3 Å². The van der Waals surface area contributed by atoms with Gasteiger partial charge in [-0.25, -0.2) is 0 Å². The summed E-state index contributed by atoms with van der Waals surface area (Å²) in [5.74, 6) is 1.42. The second-order valence-corrected chi connectivity index (χ2v) is 8.30. The molecule has 5 nitrogen and oxygen atoms in total. The number of rotatable bonds is 7. The first-order chi connectivity index (χ1) is 13.5. The van der Waals surface area contributed by atoms with Crippen LogP contribution in [0.25, 0.3) is 17.1 Å². The summed E-state index contributed by atoms with van der Waals surface area (Å²) < 4.78 is 2.00. The second-order valence-electron chi connectivity index (χ2n) is 6.92. The Morgan fingerprint density at radius 3 is 2.54 bits per heavy atom. The molecule has 0 saturated carbocycles. The fourth-order valence-corrected chi connectivity index (χ4v) is 3.58. The second kappa shape index (κ2) is 9.26. The van der Waals surface area contributed by atoms with Gasteiger partial charge in [0, 0.05) is 17.1 Å². The molecule has 0 radical (unpaired) electrons. The lowest BCUT2D eigenvalue weighted by atomic mass is 10.1. The van der Waals surface area contributed by atoms with E-state index in [1.165, 1.54) is 11.8 Å². The Balaban J connectivity index is 1.93. The predicted octanol–water partition coefficient (Wildman–Crippen LogP) is 4.76. The molecule has 146 valence electrons. The zero-order valence-corrected chi connectivity index (χ0v) is 17.7. The van der Waals surface area contributed by atoms with Gasteiger partial charge in [-0.15, -0.1) is 10.2 Å². The summed E-state index contributed by atoms with van der Waals surface area (Å²) in [4.78, 5) is 12.1. The summed E-state index contributed by atoms with van der Waals surface area (Å²) in [5.41, 5.74) is 3.00. The molecule has 2 aromatic carbocycles. The number of hydrogen-bond acceptors (Lipinski definition) is 4. The molecule has 0 saturated heterocycles. The van der Waals surface area contributed by atoms with Crippen molar-refractivity contribution in [2.75, 3.05) is 12.3 Å². The average molecular weight is 415 g/mol. The molecule has 1 heterocycles. The van der Waals surface area contributed by atoms with E-state index in [0.29, 0.717) is 22.6 Å². The number of nitrogens with zero attached hydrogens (tertiary/aromatic N) is 3. The zero-order valence-electron chi connectivity index (χ0n) is 16.1. The number of nitrogens with one attached hydrogen (secondary N) is 1. The van der Waals surface area contributed by atoms with Gasteiger partial charge in [0.1, 0.15) is 0 Å². The first-order valence-corrected chi connectivity index (χ1v) is 10.5. The van der Waals surface area contributed by atoms with Gasteiger partial charge in [0.25, 0.3) is 0 Å². The fourth-order valence-electron chi connectivity index (χ4n) is 2.68. The van der Waals surface area contributed by atoms with Gasteiger partial charge >= 0.3 is 0 Å². The summed E-state index contributed by atoms with van der Waals surface area (Å²) in [5, 5.41) is 13.0. The molecule has 3 aromatic rings. The number of carbonyl (C=O) groups excluding carboxylic acids is 1. The highest BCUT2D eigenvalue weighted by atomic mass is 35.5. The number of hydrogen-bond donors (Lipinski definition) is 1. The smallest absolute Gasteiger partial charge is 0.230 e.